The number of rotatable bonds is 1. The summed E-state index contributed by atoms with van der Waals surface area (Å²) in [5.74, 6) is 0.580. The third kappa shape index (κ3) is 1.34. The molecule has 0 fully saturated rings. The number of benzene rings is 1. The molecule has 6 heteroatoms. The summed E-state index contributed by atoms with van der Waals surface area (Å²) in [6, 6.07) is 3.24. The number of halogens is 1. The number of ether oxygens (including phenoxy) is 1. The molecule has 14 heavy (non-hydrogen) atoms. The first-order valence-electron chi connectivity index (χ1n) is 3.91. The highest BCUT2D eigenvalue weighted by Gasteiger charge is 2.29. The van der Waals surface area contributed by atoms with Crippen LogP contribution in [0.3, 0.4) is 0 Å². The Bertz CT molecular complexity index is 484. The molecular weight excluding hydrogens is 270 g/mol. The van der Waals surface area contributed by atoms with Crippen LogP contribution in [-0.4, -0.2) is 15.5 Å². The molecule has 0 radical (unpaired) electrons. The van der Waals surface area contributed by atoms with Gasteiger partial charge in [-0.05, 0) is 28.1 Å². The summed E-state index contributed by atoms with van der Waals surface area (Å²) < 4.78 is 31.2. The monoisotopic (exact) mass is 277 g/mol. The first-order valence-corrected chi connectivity index (χ1v) is 6.19. The minimum absolute atomic E-state index is 0.292. The zero-order chi connectivity index (χ0) is 10.3. The highest BCUT2D eigenvalue weighted by atomic mass is 79.9. The summed E-state index contributed by atoms with van der Waals surface area (Å²) in [4.78, 5) is 0.303. The lowest BCUT2D eigenvalue weighted by Crippen LogP contribution is -2.13. The van der Waals surface area contributed by atoms with Crippen molar-refractivity contribution in [3.63, 3.8) is 0 Å². The quantitative estimate of drug-likeness (QED) is 0.841. The van der Waals surface area contributed by atoms with Crippen molar-refractivity contribution in [1.29, 1.82) is 0 Å². The van der Waals surface area contributed by atoms with Crippen LogP contribution in [0.15, 0.2) is 21.5 Å². The van der Waals surface area contributed by atoms with Gasteiger partial charge in [0.05, 0.1) is 16.5 Å². The van der Waals surface area contributed by atoms with Crippen molar-refractivity contribution in [3.05, 3.63) is 22.2 Å². The first-order chi connectivity index (χ1) is 6.56. The summed E-state index contributed by atoms with van der Waals surface area (Å²) >= 11 is 3.30. The van der Waals surface area contributed by atoms with Gasteiger partial charge in [0, 0.05) is 12.1 Å². The van der Waals surface area contributed by atoms with Crippen LogP contribution in [0, 0.1) is 0 Å². The molecule has 2 rings (SSSR count). The van der Waals surface area contributed by atoms with Crippen LogP contribution in [0.5, 0.6) is 5.75 Å². The van der Waals surface area contributed by atoms with E-state index in [0.29, 0.717) is 22.8 Å². The van der Waals surface area contributed by atoms with Gasteiger partial charge in [0.15, 0.2) is 0 Å². The van der Waals surface area contributed by atoms with Crippen LogP contribution in [0.2, 0.25) is 0 Å². The Hall–Kier alpha value is -0.590. The average molecular weight is 278 g/mol. The SMILES string of the molecule is COc1c(Br)ccc2c1CNS2(=O)=O. The Morgan fingerprint density at radius 1 is 1.50 bits per heavy atom. The Labute approximate surface area is 90.4 Å². The van der Waals surface area contributed by atoms with Gasteiger partial charge < -0.3 is 4.74 Å². The molecule has 76 valence electrons. The maximum Gasteiger partial charge on any atom is 0.241 e. The van der Waals surface area contributed by atoms with E-state index in [-0.39, 0.29) is 0 Å². The van der Waals surface area contributed by atoms with Crippen LogP contribution in [-0.2, 0) is 16.6 Å². The minimum atomic E-state index is -3.31. The molecule has 0 saturated carbocycles. The standard InChI is InChI=1S/C8H8BrNO3S/c1-13-8-5-4-10-14(11,12)7(5)3-2-6(8)9/h2-3,10H,4H2,1H3. The molecule has 1 heterocycles. The summed E-state index contributed by atoms with van der Waals surface area (Å²) in [6.45, 7) is 0.292. The van der Waals surface area contributed by atoms with Crippen LogP contribution >= 0.6 is 15.9 Å². The summed E-state index contributed by atoms with van der Waals surface area (Å²) in [5.41, 5.74) is 0.682. The third-order valence-corrected chi connectivity index (χ3v) is 4.21. The van der Waals surface area contributed by atoms with Gasteiger partial charge in [-0.1, -0.05) is 0 Å². The predicted octanol–water partition coefficient (Wildman–Crippen LogP) is 1.25. The highest BCUT2D eigenvalue weighted by Crippen LogP contribution is 2.36. The molecular formula is C8H8BrNO3S. The van der Waals surface area contributed by atoms with Crippen molar-refractivity contribution in [3.8, 4) is 5.75 Å². The molecule has 1 aliphatic heterocycles. The number of hydrogen-bond acceptors (Lipinski definition) is 3. The Kier molecular flexibility index (Phi) is 2.29. The van der Waals surface area contributed by atoms with Gasteiger partial charge in [0.2, 0.25) is 10.0 Å². The number of fused-ring (bicyclic) bond motifs is 1. The van der Waals surface area contributed by atoms with Crippen molar-refractivity contribution in [2.24, 2.45) is 0 Å². The Balaban J connectivity index is 2.74. The van der Waals surface area contributed by atoms with E-state index in [1.807, 2.05) is 0 Å². The van der Waals surface area contributed by atoms with E-state index < -0.39 is 10.0 Å². The highest BCUT2D eigenvalue weighted by molar-refractivity contribution is 9.10. The van der Waals surface area contributed by atoms with Crippen molar-refractivity contribution in [2.75, 3.05) is 7.11 Å². The fraction of sp³-hybridized carbons (Fsp3) is 0.250. The zero-order valence-electron chi connectivity index (χ0n) is 7.37. The van der Waals surface area contributed by atoms with Gasteiger partial charge in [0.25, 0.3) is 0 Å². The van der Waals surface area contributed by atoms with Gasteiger partial charge in [-0.2, -0.15) is 0 Å². The van der Waals surface area contributed by atoms with E-state index in [0.717, 1.165) is 4.47 Å². The Morgan fingerprint density at radius 3 is 2.86 bits per heavy atom. The van der Waals surface area contributed by atoms with Gasteiger partial charge in [-0.15, -0.1) is 0 Å². The van der Waals surface area contributed by atoms with Crippen LogP contribution in [0.1, 0.15) is 5.56 Å². The second-order valence-electron chi connectivity index (χ2n) is 2.88. The van der Waals surface area contributed by atoms with Gasteiger partial charge in [-0.25, -0.2) is 13.1 Å². The lowest BCUT2D eigenvalue weighted by Gasteiger charge is -2.06. The zero-order valence-corrected chi connectivity index (χ0v) is 9.78. The molecule has 0 aliphatic carbocycles. The maximum absolute atomic E-state index is 11.5. The second kappa shape index (κ2) is 3.22. The Morgan fingerprint density at radius 2 is 2.21 bits per heavy atom. The molecule has 1 aliphatic rings. The normalized spacial score (nSPS) is 17.9. The fourth-order valence-corrected chi connectivity index (χ4v) is 3.23. The molecule has 0 aromatic heterocycles. The lowest BCUT2D eigenvalue weighted by molar-refractivity contribution is 0.405. The largest absolute Gasteiger partial charge is 0.495 e. The molecule has 0 spiro atoms. The number of methoxy groups -OCH3 is 1. The molecule has 4 nitrogen and oxygen atoms in total. The molecule has 0 saturated heterocycles. The average Bonchev–Trinajstić information content (AvgIpc) is 2.42. The van der Waals surface area contributed by atoms with Gasteiger partial charge in [-0.3, -0.25) is 0 Å². The second-order valence-corrected chi connectivity index (χ2v) is 5.47. The van der Waals surface area contributed by atoms with E-state index in [2.05, 4.69) is 20.7 Å². The first kappa shape index (κ1) is 9.95. The molecule has 0 bridgehead atoms. The topological polar surface area (TPSA) is 55.4 Å². The summed E-state index contributed by atoms with van der Waals surface area (Å²) in [7, 11) is -1.79. The van der Waals surface area contributed by atoms with Gasteiger partial charge >= 0.3 is 0 Å². The van der Waals surface area contributed by atoms with E-state index in [9.17, 15) is 8.42 Å². The van der Waals surface area contributed by atoms with Gasteiger partial charge in [0.1, 0.15) is 5.75 Å². The number of nitrogens with one attached hydrogen (secondary N) is 1. The van der Waals surface area contributed by atoms with E-state index in [1.54, 1.807) is 12.1 Å². The van der Waals surface area contributed by atoms with E-state index >= 15 is 0 Å². The minimum Gasteiger partial charge on any atom is -0.495 e. The maximum atomic E-state index is 11.5. The predicted molar refractivity (Wildman–Crippen MR) is 54.7 cm³/mol. The molecule has 1 aromatic rings. The number of hydrogen-bond donors (Lipinski definition) is 1. The molecule has 1 aromatic carbocycles. The fourth-order valence-electron chi connectivity index (χ4n) is 1.47. The summed E-state index contributed by atoms with van der Waals surface area (Å²) in [5, 5.41) is 0. The van der Waals surface area contributed by atoms with Crippen LogP contribution in [0.25, 0.3) is 0 Å². The molecule has 0 atom stereocenters. The van der Waals surface area contributed by atoms with E-state index in [1.165, 1.54) is 7.11 Å². The van der Waals surface area contributed by atoms with Crippen molar-refractivity contribution >= 4 is 26.0 Å². The number of sulfonamides is 1. The molecule has 1 N–H and O–H groups in total. The third-order valence-electron chi connectivity index (χ3n) is 2.10. The molecule has 0 unspecified atom stereocenters. The van der Waals surface area contributed by atoms with Crippen molar-refractivity contribution in [2.45, 2.75) is 11.4 Å². The van der Waals surface area contributed by atoms with Crippen molar-refractivity contribution in [1.82, 2.24) is 4.72 Å². The smallest absolute Gasteiger partial charge is 0.241 e. The van der Waals surface area contributed by atoms with Crippen molar-refractivity contribution < 1.29 is 13.2 Å². The van der Waals surface area contributed by atoms with E-state index in [4.69, 9.17) is 4.74 Å². The summed E-state index contributed by atoms with van der Waals surface area (Å²) in [6.07, 6.45) is 0. The molecule has 0 amide bonds. The van der Waals surface area contributed by atoms with Crippen LogP contribution < -0.4 is 9.46 Å². The van der Waals surface area contributed by atoms with Crippen LogP contribution in [0.4, 0.5) is 0 Å². The lowest BCUT2D eigenvalue weighted by atomic mass is 10.2.